The van der Waals surface area contributed by atoms with E-state index in [0.29, 0.717) is 16.1 Å². The first-order valence-electron chi connectivity index (χ1n) is 6.68. The lowest BCUT2D eigenvalue weighted by Crippen LogP contribution is -2.10. The highest BCUT2D eigenvalue weighted by Crippen LogP contribution is 2.29. The van der Waals surface area contributed by atoms with Crippen LogP contribution in [0.4, 0.5) is 0 Å². The van der Waals surface area contributed by atoms with Crippen molar-refractivity contribution in [1.82, 2.24) is 14.4 Å². The highest BCUT2D eigenvalue weighted by molar-refractivity contribution is 9.10. The van der Waals surface area contributed by atoms with E-state index in [4.69, 9.17) is 5.11 Å². The van der Waals surface area contributed by atoms with Crippen molar-refractivity contribution in [3.05, 3.63) is 34.1 Å². The average Bonchev–Trinajstić information content (AvgIpc) is 2.85. The molecule has 5 nitrogen and oxygen atoms in total. The number of hydrogen-bond donors (Lipinski definition) is 2. The number of hydrogen-bond acceptors (Lipinski definition) is 2. The molecular formula is C15H16BrN3O2. The van der Waals surface area contributed by atoms with E-state index in [0.717, 1.165) is 11.0 Å². The van der Waals surface area contributed by atoms with Crippen LogP contribution in [0.25, 0.3) is 16.8 Å². The van der Waals surface area contributed by atoms with Crippen molar-refractivity contribution in [2.24, 2.45) is 0 Å². The Balaban J connectivity index is 2.21. The highest BCUT2D eigenvalue weighted by Gasteiger charge is 2.19. The van der Waals surface area contributed by atoms with Crippen LogP contribution >= 0.6 is 15.9 Å². The minimum Gasteiger partial charge on any atom is -0.481 e. The Morgan fingerprint density at radius 1 is 1.43 bits per heavy atom. The maximum atomic E-state index is 10.9. The topological polar surface area (TPSA) is 70.4 Å². The Morgan fingerprint density at radius 3 is 2.76 bits per heavy atom. The van der Waals surface area contributed by atoms with Crippen molar-refractivity contribution in [2.75, 3.05) is 0 Å². The number of halogens is 1. The van der Waals surface area contributed by atoms with Gasteiger partial charge in [0.25, 0.3) is 0 Å². The average molecular weight is 350 g/mol. The molecule has 0 aliphatic heterocycles. The van der Waals surface area contributed by atoms with Gasteiger partial charge in [-0.1, -0.05) is 26.8 Å². The molecule has 0 aliphatic carbocycles. The first-order valence-corrected chi connectivity index (χ1v) is 7.47. The maximum Gasteiger partial charge on any atom is 0.309 e. The second kappa shape index (κ2) is 4.59. The molecule has 0 unspecified atom stereocenters. The normalized spacial score (nSPS) is 12.4. The SMILES string of the molecule is CC(C)(C)c1ccc2c(c1)nc1[nH]c(CC(=O)O)c(Br)n12. The van der Waals surface area contributed by atoms with Gasteiger partial charge in [-0.2, -0.15) is 0 Å². The number of aliphatic carboxylic acids is 1. The van der Waals surface area contributed by atoms with Crippen molar-refractivity contribution in [3.8, 4) is 0 Å². The summed E-state index contributed by atoms with van der Waals surface area (Å²) in [5, 5.41) is 8.92. The van der Waals surface area contributed by atoms with E-state index in [1.54, 1.807) is 0 Å². The van der Waals surface area contributed by atoms with Crippen molar-refractivity contribution >= 4 is 38.7 Å². The quantitative estimate of drug-likeness (QED) is 0.743. The molecule has 0 fully saturated rings. The molecule has 0 atom stereocenters. The Kier molecular flexibility index (Phi) is 3.09. The van der Waals surface area contributed by atoms with Gasteiger partial charge in [0.05, 0.1) is 23.1 Å². The van der Waals surface area contributed by atoms with Crippen LogP contribution in [0.15, 0.2) is 22.8 Å². The van der Waals surface area contributed by atoms with E-state index in [1.807, 2.05) is 10.5 Å². The molecule has 0 bridgehead atoms. The van der Waals surface area contributed by atoms with Crippen molar-refractivity contribution < 1.29 is 9.90 Å². The van der Waals surface area contributed by atoms with E-state index in [1.165, 1.54) is 5.56 Å². The molecule has 3 rings (SSSR count). The lowest BCUT2D eigenvalue weighted by atomic mass is 9.87. The molecule has 2 aromatic heterocycles. The smallest absolute Gasteiger partial charge is 0.309 e. The Morgan fingerprint density at radius 2 is 2.14 bits per heavy atom. The summed E-state index contributed by atoms with van der Waals surface area (Å²) in [6, 6.07) is 6.20. The fourth-order valence-electron chi connectivity index (χ4n) is 2.42. The van der Waals surface area contributed by atoms with Gasteiger partial charge in [0, 0.05) is 0 Å². The van der Waals surface area contributed by atoms with E-state index >= 15 is 0 Å². The largest absolute Gasteiger partial charge is 0.481 e. The molecule has 6 heteroatoms. The van der Waals surface area contributed by atoms with E-state index in [2.05, 4.69) is 58.8 Å². The second-order valence-corrected chi connectivity index (χ2v) is 6.94. The molecule has 0 amide bonds. The molecule has 2 N–H and O–H groups in total. The predicted octanol–water partition coefficient (Wildman–Crippen LogP) is 3.50. The van der Waals surface area contributed by atoms with Crippen LogP contribution in [0.2, 0.25) is 0 Å². The number of aromatic amines is 1. The molecular weight excluding hydrogens is 334 g/mol. The fraction of sp³-hybridized carbons (Fsp3) is 0.333. The van der Waals surface area contributed by atoms with Gasteiger partial charge >= 0.3 is 5.97 Å². The summed E-state index contributed by atoms with van der Waals surface area (Å²) >= 11 is 3.47. The van der Waals surface area contributed by atoms with Crippen LogP contribution in [-0.2, 0) is 16.6 Å². The monoisotopic (exact) mass is 349 g/mol. The molecule has 0 saturated heterocycles. The summed E-state index contributed by atoms with van der Waals surface area (Å²) < 4.78 is 2.62. The number of fused-ring (bicyclic) bond motifs is 3. The molecule has 0 spiro atoms. The number of rotatable bonds is 2. The minimum absolute atomic E-state index is 0.0640. The number of nitrogens with zero attached hydrogens (tertiary/aromatic N) is 2. The maximum absolute atomic E-state index is 10.9. The van der Waals surface area contributed by atoms with Gasteiger partial charge < -0.3 is 10.1 Å². The lowest BCUT2D eigenvalue weighted by molar-refractivity contribution is -0.136. The number of aromatic nitrogens is 3. The van der Waals surface area contributed by atoms with E-state index < -0.39 is 5.97 Å². The second-order valence-electron chi connectivity index (χ2n) is 6.19. The number of imidazole rings is 2. The third-order valence-corrected chi connectivity index (χ3v) is 4.39. The van der Waals surface area contributed by atoms with Crippen molar-refractivity contribution in [3.63, 3.8) is 0 Å². The fourth-order valence-corrected chi connectivity index (χ4v) is 3.02. The summed E-state index contributed by atoms with van der Waals surface area (Å²) in [6.45, 7) is 6.49. The molecule has 110 valence electrons. The molecule has 21 heavy (non-hydrogen) atoms. The standard InChI is InChI=1S/C15H16BrN3O2/c1-15(2,3)8-4-5-11-9(6-8)17-14-18-10(7-12(20)21)13(16)19(11)14/h4-6H,7H2,1-3H3,(H,17,18)(H,20,21). The number of H-pyrrole nitrogens is 1. The summed E-state index contributed by atoms with van der Waals surface area (Å²) in [7, 11) is 0. The van der Waals surface area contributed by atoms with Gasteiger partial charge in [-0.05, 0) is 39.0 Å². The molecule has 0 radical (unpaired) electrons. The van der Waals surface area contributed by atoms with E-state index in [9.17, 15) is 4.79 Å². The first-order chi connectivity index (χ1) is 9.77. The number of nitrogens with one attached hydrogen (secondary N) is 1. The number of benzene rings is 1. The third kappa shape index (κ3) is 2.33. The Labute approximate surface area is 130 Å². The number of carboxylic acids is 1. The van der Waals surface area contributed by atoms with Crippen LogP contribution in [0.5, 0.6) is 0 Å². The molecule has 1 aromatic carbocycles. The Hall–Kier alpha value is -1.82. The zero-order valence-electron chi connectivity index (χ0n) is 12.1. The number of carboxylic acid groups (broad SMARTS) is 1. The van der Waals surface area contributed by atoms with Crippen LogP contribution < -0.4 is 0 Å². The summed E-state index contributed by atoms with van der Waals surface area (Å²) in [5.74, 6) is -0.223. The predicted molar refractivity (Wildman–Crippen MR) is 84.8 cm³/mol. The van der Waals surface area contributed by atoms with Crippen molar-refractivity contribution in [1.29, 1.82) is 0 Å². The minimum atomic E-state index is -0.875. The van der Waals surface area contributed by atoms with Gasteiger partial charge in [0.1, 0.15) is 4.60 Å². The molecule has 0 aliphatic rings. The summed E-state index contributed by atoms with van der Waals surface area (Å²) in [6.07, 6.45) is -0.0640. The zero-order valence-corrected chi connectivity index (χ0v) is 13.7. The molecule has 0 saturated carbocycles. The van der Waals surface area contributed by atoms with Gasteiger partial charge in [-0.3, -0.25) is 9.20 Å². The zero-order chi connectivity index (χ0) is 15.4. The van der Waals surface area contributed by atoms with Crippen LogP contribution in [-0.4, -0.2) is 25.4 Å². The summed E-state index contributed by atoms with van der Waals surface area (Å²) in [4.78, 5) is 18.5. The van der Waals surface area contributed by atoms with Crippen LogP contribution in [0, 0.1) is 0 Å². The van der Waals surface area contributed by atoms with Crippen LogP contribution in [0.1, 0.15) is 32.0 Å². The first kappa shape index (κ1) is 14.1. The third-order valence-electron chi connectivity index (χ3n) is 3.56. The van der Waals surface area contributed by atoms with Gasteiger partial charge in [-0.15, -0.1) is 0 Å². The van der Waals surface area contributed by atoms with E-state index in [-0.39, 0.29) is 11.8 Å². The molecule has 2 heterocycles. The Bertz CT molecular complexity index is 855. The summed E-state index contributed by atoms with van der Waals surface area (Å²) in [5.41, 5.74) is 3.76. The van der Waals surface area contributed by atoms with Gasteiger partial charge in [0.2, 0.25) is 5.78 Å². The van der Waals surface area contributed by atoms with Crippen molar-refractivity contribution in [2.45, 2.75) is 32.6 Å². The van der Waals surface area contributed by atoms with Crippen LogP contribution in [0.3, 0.4) is 0 Å². The lowest BCUT2D eigenvalue weighted by Gasteiger charge is -2.18. The molecule has 3 aromatic rings. The van der Waals surface area contributed by atoms with Gasteiger partial charge in [-0.25, -0.2) is 4.98 Å². The van der Waals surface area contributed by atoms with Gasteiger partial charge in [0.15, 0.2) is 0 Å². The highest BCUT2D eigenvalue weighted by atomic mass is 79.9. The number of carbonyl (C=O) groups is 1.